The molecule has 0 aliphatic heterocycles. The topological polar surface area (TPSA) is 78.9 Å². The van der Waals surface area contributed by atoms with E-state index in [1.54, 1.807) is 31.2 Å². The maximum atomic E-state index is 12.3. The zero-order valence-corrected chi connectivity index (χ0v) is 20.2. The second-order valence-corrected chi connectivity index (χ2v) is 8.15. The van der Waals surface area contributed by atoms with Crippen LogP contribution in [0.3, 0.4) is 0 Å². The lowest BCUT2D eigenvalue weighted by atomic mass is 10.0. The van der Waals surface area contributed by atoms with Crippen LogP contribution < -0.4 is 9.47 Å². The van der Waals surface area contributed by atoms with Crippen LogP contribution in [-0.4, -0.2) is 24.3 Å². The maximum Gasteiger partial charge on any atom is 0.333 e. The molecule has 0 aliphatic rings. The fourth-order valence-electron chi connectivity index (χ4n) is 3.18. The molecule has 3 rings (SSSR count). The molecule has 0 bridgehead atoms. The van der Waals surface area contributed by atoms with Gasteiger partial charge in [0.15, 0.2) is 12.4 Å². The molecule has 0 atom stereocenters. The molecule has 0 aliphatic carbocycles. The van der Waals surface area contributed by atoms with Crippen LogP contribution in [0.4, 0.5) is 0 Å². The Hall–Kier alpha value is -4.45. The Kier molecular flexibility index (Phi) is 9.34. The van der Waals surface area contributed by atoms with Crippen molar-refractivity contribution in [1.29, 1.82) is 0 Å². The second kappa shape index (κ2) is 12.9. The normalized spacial score (nSPS) is 10.2. The summed E-state index contributed by atoms with van der Waals surface area (Å²) in [5.74, 6) is 0.109. The first-order chi connectivity index (χ1) is 17.3. The highest BCUT2D eigenvalue weighted by atomic mass is 16.5. The number of ketones is 1. The van der Waals surface area contributed by atoms with Crippen molar-refractivity contribution in [3.05, 3.63) is 109 Å². The zero-order chi connectivity index (χ0) is 25.9. The predicted octanol–water partition coefficient (Wildman–Crippen LogP) is 5.65. The van der Waals surface area contributed by atoms with Gasteiger partial charge in [0.1, 0.15) is 18.1 Å². The molecule has 0 radical (unpaired) electrons. The molecule has 0 amide bonds. The van der Waals surface area contributed by atoms with E-state index in [2.05, 4.69) is 13.2 Å². The standard InChI is InChI=1S/C30H28O6/c1-4-26(31)20-34-27-16-12-25(13-17-27)24-10-5-22(6-11-24)9-18-29(32)36-28-14-7-23(8-15-28)19-35-30(33)21(2)3/h4-8,10-17H,1-2,9,18-20H2,3H3. The monoisotopic (exact) mass is 484 g/mol. The van der Waals surface area contributed by atoms with Crippen molar-refractivity contribution in [3.8, 4) is 22.6 Å². The van der Waals surface area contributed by atoms with Crippen LogP contribution in [0.5, 0.6) is 11.5 Å². The van der Waals surface area contributed by atoms with Crippen molar-refractivity contribution in [2.24, 2.45) is 0 Å². The van der Waals surface area contributed by atoms with E-state index in [9.17, 15) is 14.4 Å². The Labute approximate surface area is 210 Å². The number of carbonyl (C=O) groups excluding carboxylic acids is 3. The van der Waals surface area contributed by atoms with E-state index in [0.717, 1.165) is 22.3 Å². The summed E-state index contributed by atoms with van der Waals surface area (Å²) >= 11 is 0. The number of esters is 2. The van der Waals surface area contributed by atoms with Crippen molar-refractivity contribution >= 4 is 17.7 Å². The molecule has 36 heavy (non-hydrogen) atoms. The summed E-state index contributed by atoms with van der Waals surface area (Å²) in [6.07, 6.45) is 2.03. The molecular formula is C30H28O6. The lowest BCUT2D eigenvalue weighted by molar-refractivity contribution is -0.140. The molecule has 184 valence electrons. The van der Waals surface area contributed by atoms with Gasteiger partial charge in [0.2, 0.25) is 0 Å². The summed E-state index contributed by atoms with van der Waals surface area (Å²) in [7, 11) is 0. The van der Waals surface area contributed by atoms with Gasteiger partial charge < -0.3 is 14.2 Å². The minimum Gasteiger partial charge on any atom is -0.485 e. The Morgan fingerprint density at radius 3 is 1.94 bits per heavy atom. The van der Waals surface area contributed by atoms with Crippen molar-refractivity contribution < 1.29 is 28.6 Å². The van der Waals surface area contributed by atoms with Crippen LogP contribution >= 0.6 is 0 Å². The highest BCUT2D eigenvalue weighted by molar-refractivity contribution is 5.90. The SMILES string of the molecule is C=CC(=O)COc1ccc(-c2ccc(CCC(=O)Oc3ccc(COC(=O)C(=C)C)cc3)cc2)cc1. The van der Waals surface area contributed by atoms with Gasteiger partial charge in [0.05, 0.1) is 0 Å². The Morgan fingerprint density at radius 1 is 0.806 bits per heavy atom. The largest absolute Gasteiger partial charge is 0.485 e. The third-order valence-electron chi connectivity index (χ3n) is 5.24. The molecule has 3 aromatic carbocycles. The number of aryl methyl sites for hydroxylation is 1. The number of carbonyl (C=O) groups is 3. The summed E-state index contributed by atoms with van der Waals surface area (Å²) < 4.78 is 15.9. The fraction of sp³-hybridized carbons (Fsp3) is 0.167. The van der Waals surface area contributed by atoms with Crippen LogP contribution in [0, 0.1) is 0 Å². The first-order valence-electron chi connectivity index (χ1n) is 11.4. The van der Waals surface area contributed by atoms with Crippen molar-refractivity contribution in [1.82, 2.24) is 0 Å². The van der Waals surface area contributed by atoms with Gasteiger partial charge in [-0.1, -0.05) is 61.7 Å². The van der Waals surface area contributed by atoms with Gasteiger partial charge in [-0.05, 0) is 65.9 Å². The Balaban J connectivity index is 1.45. The third-order valence-corrected chi connectivity index (χ3v) is 5.24. The summed E-state index contributed by atoms with van der Waals surface area (Å²) in [6.45, 7) is 8.65. The molecule has 6 heteroatoms. The maximum absolute atomic E-state index is 12.3. The first kappa shape index (κ1) is 26.2. The number of ether oxygens (including phenoxy) is 3. The van der Waals surface area contributed by atoms with Crippen LogP contribution in [0.1, 0.15) is 24.5 Å². The molecule has 0 unspecified atom stereocenters. The van der Waals surface area contributed by atoms with Gasteiger partial charge >= 0.3 is 11.9 Å². The Bertz CT molecular complexity index is 1220. The van der Waals surface area contributed by atoms with Gasteiger partial charge in [-0.15, -0.1) is 0 Å². The van der Waals surface area contributed by atoms with E-state index in [0.29, 0.717) is 23.5 Å². The predicted molar refractivity (Wildman–Crippen MR) is 138 cm³/mol. The van der Waals surface area contributed by atoms with Crippen LogP contribution in [0.25, 0.3) is 11.1 Å². The highest BCUT2D eigenvalue weighted by Gasteiger charge is 2.08. The number of hydrogen-bond donors (Lipinski definition) is 0. The van der Waals surface area contributed by atoms with Crippen LogP contribution in [0.15, 0.2) is 97.6 Å². The van der Waals surface area contributed by atoms with Gasteiger partial charge in [-0.3, -0.25) is 9.59 Å². The number of benzene rings is 3. The summed E-state index contributed by atoms with van der Waals surface area (Å²) in [5.41, 5.74) is 4.20. The highest BCUT2D eigenvalue weighted by Crippen LogP contribution is 2.23. The average molecular weight is 485 g/mol. The molecule has 0 saturated carbocycles. The average Bonchev–Trinajstić information content (AvgIpc) is 2.90. The molecule has 0 spiro atoms. The van der Waals surface area contributed by atoms with E-state index in [4.69, 9.17) is 14.2 Å². The molecular weight excluding hydrogens is 456 g/mol. The van der Waals surface area contributed by atoms with Crippen LogP contribution in [-0.2, 0) is 32.1 Å². The van der Waals surface area contributed by atoms with Crippen molar-refractivity contribution in [2.75, 3.05) is 6.61 Å². The molecule has 6 nitrogen and oxygen atoms in total. The molecule has 0 heterocycles. The van der Waals surface area contributed by atoms with E-state index in [1.165, 1.54) is 6.08 Å². The summed E-state index contributed by atoms with van der Waals surface area (Å²) in [5, 5.41) is 0. The van der Waals surface area contributed by atoms with Gasteiger partial charge in [0.25, 0.3) is 0 Å². The Morgan fingerprint density at radius 2 is 1.36 bits per heavy atom. The first-order valence-corrected chi connectivity index (χ1v) is 11.4. The second-order valence-electron chi connectivity index (χ2n) is 8.15. The smallest absolute Gasteiger partial charge is 0.333 e. The van der Waals surface area contributed by atoms with E-state index >= 15 is 0 Å². The molecule has 0 aromatic heterocycles. The third kappa shape index (κ3) is 8.09. The molecule has 0 fully saturated rings. The quantitative estimate of drug-likeness (QED) is 0.188. The summed E-state index contributed by atoms with van der Waals surface area (Å²) in [6, 6.07) is 22.3. The van der Waals surface area contributed by atoms with Crippen molar-refractivity contribution in [3.63, 3.8) is 0 Å². The van der Waals surface area contributed by atoms with Gasteiger partial charge in [-0.25, -0.2) is 4.79 Å². The minimum atomic E-state index is -0.445. The number of rotatable bonds is 12. The molecule has 0 N–H and O–H groups in total. The fourth-order valence-corrected chi connectivity index (χ4v) is 3.18. The van der Waals surface area contributed by atoms with Crippen molar-refractivity contribution in [2.45, 2.75) is 26.4 Å². The van der Waals surface area contributed by atoms with E-state index in [1.807, 2.05) is 48.5 Å². The summed E-state index contributed by atoms with van der Waals surface area (Å²) in [4.78, 5) is 35.0. The zero-order valence-electron chi connectivity index (χ0n) is 20.2. The van der Waals surface area contributed by atoms with Crippen LogP contribution in [0.2, 0.25) is 0 Å². The van der Waals surface area contributed by atoms with E-state index < -0.39 is 5.97 Å². The van der Waals surface area contributed by atoms with Gasteiger partial charge in [0, 0.05) is 12.0 Å². The van der Waals surface area contributed by atoms with E-state index in [-0.39, 0.29) is 31.4 Å². The number of hydrogen-bond acceptors (Lipinski definition) is 6. The molecule has 3 aromatic rings. The minimum absolute atomic E-state index is 0.0295. The molecule has 0 saturated heterocycles. The lowest BCUT2D eigenvalue weighted by Gasteiger charge is -2.08. The van der Waals surface area contributed by atoms with Gasteiger partial charge in [-0.2, -0.15) is 0 Å². The lowest BCUT2D eigenvalue weighted by Crippen LogP contribution is -2.09.